The number of nitrogens with zero attached hydrogens (tertiary/aromatic N) is 1. The molecule has 1 aliphatic heterocycles. The van der Waals surface area contributed by atoms with Gasteiger partial charge in [-0.3, -0.25) is 4.98 Å². The van der Waals surface area contributed by atoms with Crippen LogP contribution in [0.3, 0.4) is 0 Å². The van der Waals surface area contributed by atoms with Crippen LogP contribution < -0.4 is 5.32 Å². The van der Waals surface area contributed by atoms with E-state index in [0.717, 1.165) is 49.8 Å². The molecule has 4 rings (SSSR count). The Morgan fingerprint density at radius 1 is 1.15 bits per heavy atom. The summed E-state index contributed by atoms with van der Waals surface area (Å²) in [7, 11) is 0. The average Bonchev–Trinajstić information content (AvgIpc) is 3.13. The highest BCUT2D eigenvalue weighted by Crippen LogP contribution is 2.39. The highest BCUT2D eigenvalue weighted by Gasteiger charge is 2.37. The zero-order valence-electron chi connectivity index (χ0n) is 14.8. The summed E-state index contributed by atoms with van der Waals surface area (Å²) in [5, 5.41) is 15.5. The second kappa shape index (κ2) is 7.65. The van der Waals surface area contributed by atoms with E-state index in [1.807, 2.05) is 36.5 Å². The lowest BCUT2D eigenvalue weighted by atomic mass is 9.77. The molecule has 1 aromatic carbocycles. The first kappa shape index (κ1) is 17.9. The van der Waals surface area contributed by atoms with Gasteiger partial charge in [-0.2, -0.15) is 0 Å². The van der Waals surface area contributed by atoms with Crippen LogP contribution in [0.5, 0.6) is 0 Å². The van der Waals surface area contributed by atoms with Crippen LogP contribution >= 0.6 is 11.6 Å². The van der Waals surface area contributed by atoms with Gasteiger partial charge < -0.3 is 15.2 Å². The maximum Gasteiger partial charge on any atom is 0.0993 e. The SMILES string of the molecule is OC1(c2cccc(Cl)c2)CCC(N[C@H]2CCO[C@@H]2c2cccnc2)CC1. The molecule has 138 valence electrons. The molecule has 0 bridgehead atoms. The first-order chi connectivity index (χ1) is 12.6. The summed E-state index contributed by atoms with van der Waals surface area (Å²) < 4.78 is 5.95. The summed E-state index contributed by atoms with van der Waals surface area (Å²) in [6, 6.07) is 12.4. The molecular formula is C21H25ClN2O2. The number of halogens is 1. The van der Waals surface area contributed by atoms with Crippen LogP contribution in [0.2, 0.25) is 5.02 Å². The van der Waals surface area contributed by atoms with Gasteiger partial charge in [-0.1, -0.05) is 29.8 Å². The Labute approximate surface area is 159 Å². The van der Waals surface area contributed by atoms with Gasteiger partial charge in [0, 0.05) is 41.7 Å². The van der Waals surface area contributed by atoms with Crippen molar-refractivity contribution in [3.63, 3.8) is 0 Å². The van der Waals surface area contributed by atoms with Crippen molar-refractivity contribution < 1.29 is 9.84 Å². The molecule has 0 amide bonds. The number of nitrogens with one attached hydrogen (secondary N) is 1. The van der Waals surface area contributed by atoms with E-state index in [4.69, 9.17) is 16.3 Å². The van der Waals surface area contributed by atoms with E-state index in [9.17, 15) is 5.11 Å². The lowest BCUT2D eigenvalue weighted by Gasteiger charge is -2.38. The Hall–Kier alpha value is -1.46. The molecule has 2 N–H and O–H groups in total. The maximum absolute atomic E-state index is 11.1. The van der Waals surface area contributed by atoms with E-state index in [1.54, 1.807) is 6.20 Å². The van der Waals surface area contributed by atoms with Crippen molar-refractivity contribution in [2.75, 3.05) is 6.61 Å². The Balaban J connectivity index is 1.38. The molecule has 4 nitrogen and oxygen atoms in total. The zero-order chi connectivity index (χ0) is 18.0. The molecule has 2 atom stereocenters. The molecule has 1 saturated heterocycles. The van der Waals surface area contributed by atoms with Crippen LogP contribution in [-0.2, 0) is 10.3 Å². The highest BCUT2D eigenvalue weighted by molar-refractivity contribution is 6.30. The standard InChI is InChI=1S/C21H25ClN2O2/c22-17-5-1-4-16(13-17)21(25)9-6-18(7-10-21)24-19-8-12-26-20(19)15-3-2-11-23-14-15/h1-5,11,13-14,18-20,24-25H,6-10,12H2/t18?,19-,20+,21?/m0/s1. The third-order valence-corrected chi connectivity index (χ3v) is 5.96. The van der Waals surface area contributed by atoms with Crippen LogP contribution in [0.4, 0.5) is 0 Å². The lowest BCUT2D eigenvalue weighted by Crippen LogP contribution is -2.45. The number of benzene rings is 1. The number of aromatic nitrogens is 1. The third-order valence-electron chi connectivity index (χ3n) is 5.73. The molecule has 0 spiro atoms. The molecule has 1 saturated carbocycles. The number of hydrogen-bond donors (Lipinski definition) is 2. The number of hydrogen-bond acceptors (Lipinski definition) is 4. The van der Waals surface area contributed by atoms with Gasteiger partial charge in [0.05, 0.1) is 11.7 Å². The van der Waals surface area contributed by atoms with E-state index < -0.39 is 5.60 Å². The van der Waals surface area contributed by atoms with E-state index in [2.05, 4.69) is 16.4 Å². The second-order valence-electron chi connectivity index (χ2n) is 7.46. The quantitative estimate of drug-likeness (QED) is 0.852. The van der Waals surface area contributed by atoms with Crippen molar-refractivity contribution in [3.8, 4) is 0 Å². The fraction of sp³-hybridized carbons (Fsp3) is 0.476. The van der Waals surface area contributed by atoms with Gasteiger partial charge in [0.1, 0.15) is 0 Å². The van der Waals surface area contributed by atoms with Crippen LogP contribution in [0.15, 0.2) is 48.8 Å². The first-order valence-electron chi connectivity index (χ1n) is 9.40. The summed E-state index contributed by atoms with van der Waals surface area (Å²) in [6.45, 7) is 0.774. The molecule has 2 fully saturated rings. The van der Waals surface area contributed by atoms with E-state index in [-0.39, 0.29) is 6.10 Å². The minimum atomic E-state index is -0.766. The predicted octanol–water partition coefficient (Wildman–Crippen LogP) is 3.99. The van der Waals surface area contributed by atoms with Crippen LogP contribution in [-0.4, -0.2) is 28.8 Å². The molecule has 0 radical (unpaired) electrons. The first-order valence-corrected chi connectivity index (χ1v) is 9.78. The van der Waals surface area contributed by atoms with Crippen molar-refractivity contribution in [2.45, 2.75) is 55.9 Å². The minimum Gasteiger partial charge on any atom is -0.385 e. The van der Waals surface area contributed by atoms with E-state index in [0.29, 0.717) is 17.1 Å². The van der Waals surface area contributed by atoms with Crippen molar-refractivity contribution >= 4 is 11.6 Å². The number of ether oxygens (including phenoxy) is 1. The van der Waals surface area contributed by atoms with Gasteiger partial charge in [-0.15, -0.1) is 0 Å². The fourth-order valence-corrected chi connectivity index (χ4v) is 4.45. The Bertz CT molecular complexity index is 732. The van der Waals surface area contributed by atoms with E-state index in [1.165, 1.54) is 0 Å². The summed E-state index contributed by atoms with van der Waals surface area (Å²) in [5.41, 5.74) is 1.30. The van der Waals surface area contributed by atoms with Gasteiger partial charge in [0.25, 0.3) is 0 Å². The van der Waals surface area contributed by atoms with Crippen molar-refractivity contribution in [2.24, 2.45) is 0 Å². The Morgan fingerprint density at radius 2 is 2.00 bits per heavy atom. The Kier molecular flexibility index (Phi) is 5.28. The molecule has 0 unspecified atom stereocenters. The smallest absolute Gasteiger partial charge is 0.0993 e. The molecule has 2 heterocycles. The molecule has 1 aromatic heterocycles. The lowest BCUT2D eigenvalue weighted by molar-refractivity contribution is -0.0106. The summed E-state index contributed by atoms with van der Waals surface area (Å²) in [5.74, 6) is 0. The van der Waals surface area contributed by atoms with Gasteiger partial charge >= 0.3 is 0 Å². The summed E-state index contributed by atoms with van der Waals surface area (Å²) in [4.78, 5) is 4.22. The second-order valence-corrected chi connectivity index (χ2v) is 7.89. The van der Waals surface area contributed by atoms with Crippen LogP contribution in [0, 0.1) is 0 Å². The minimum absolute atomic E-state index is 0.0671. The molecule has 2 aromatic rings. The van der Waals surface area contributed by atoms with Gasteiger partial charge in [-0.05, 0) is 55.9 Å². The fourth-order valence-electron chi connectivity index (χ4n) is 4.26. The third kappa shape index (κ3) is 3.79. The highest BCUT2D eigenvalue weighted by atomic mass is 35.5. The molecule has 2 aliphatic rings. The Morgan fingerprint density at radius 3 is 2.73 bits per heavy atom. The normalized spacial score (nSPS) is 31.8. The monoisotopic (exact) mass is 372 g/mol. The topological polar surface area (TPSA) is 54.4 Å². The summed E-state index contributed by atoms with van der Waals surface area (Å²) in [6.07, 6.45) is 8.14. The van der Waals surface area contributed by atoms with Crippen LogP contribution in [0.1, 0.15) is 49.3 Å². The van der Waals surface area contributed by atoms with Crippen molar-refractivity contribution in [3.05, 3.63) is 64.9 Å². The molecule has 1 aliphatic carbocycles. The van der Waals surface area contributed by atoms with E-state index >= 15 is 0 Å². The molecule has 5 heteroatoms. The predicted molar refractivity (Wildman–Crippen MR) is 102 cm³/mol. The average molecular weight is 373 g/mol. The largest absolute Gasteiger partial charge is 0.385 e. The van der Waals surface area contributed by atoms with Gasteiger partial charge in [0.2, 0.25) is 0 Å². The molecule has 26 heavy (non-hydrogen) atoms. The number of aliphatic hydroxyl groups is 1. The van der Waals surface area contributed by atoms with Crippen molar-refractivity contribution in [1.29, 1.82) is 0 Å². The number of rotatable bonds is 4. The number of pyridine rings is 1. The molecular weight excluding hydrogens is 348 g/mol. The van der Waals surface area contributed by atoms with Crippen LogP contribution in [0.25, 0.3) is 0 Å². The zero-order valence-corrected chi connectivity index (χ0v) is 15.5. The maximum atomic E-state index is 11.1. The van der Waals surface area contributed by atoms with Gasteiger partial charge in [-0.25, -0.2) is 0 Å². The summed E-state index contributed by atoms with van der Waals surface area (Å²) >= 11 is 6.10. The van der Waals surface area contributed by atoms with Gasteiger partial charge in [0.15, 0.2) is 0 Å². The van der Waals surface area contributed by atoms with Crippen molar-refractivity contribution in [1.82, 2.24) is 10.3 Å².